The highest BCUT2D eigenvalue weighted by molar-refractivity contribution is 7.99. The Balaban J connectivity index is 1.65. The van der Waals surface area contributed by atoms with Crippen molar-refractivity contribution in [2.24, 2.45) is 0 Å². The van der Waals surface area contributed by atoms with Gasteiger partial charge in [-0.2, -0.15) is 5.26 Å². The number of carbonyl (C=O) groups excluding carboxylic acids is 1. The van der Waals surface area contributed by atoms with Crippen LogP contribution in [0.2, 0.25) is 0 Å². The Morgan fingerprint density at radius 2 is 1.93 bits per heavy atom. The average Bonchev–Trinajstić information content (AvgIpc) is 2.75. The topological polar surface area (TPSA) is 75.0 Å². The summed E-state index contributed by atoms with van der Waals surface area (Å²) in [6.07, 6.45) is 0.165. The molecule has 1 aromatic heterocycles. The number of anilines is 1. The van der Waals surface area contributed by atoms with Crippen molar-refractivity contribution >= 4 is 23.4 Å². The van der Waals surface area contributed by atoms with Gasteiger partial charge < -0.3 is 10.1 Å². The number of halogens is 1. The van der Waals surface area contributed by atoms with Crippen LogP contribution in [0.3, 0.4) is 0 Å². The fourth-order valence-electron chi connectivity index (χ4n) is 2.57. The van der Waals surface area contributed by atoms with Crippen molar-refractivity contribution in [3.63, 3.8) is 0 Å². The number of rotatable bonds is 7. The zero-order valence-corrected chi connectivity index (χ0v) is 16.5. The van der Waals surface area contributed by atoms with Crippen LogP contribution in [0.1, 0.15) is 12.0 Å². The van der Waals surface area contributed by atoms with E-state index >= 15 is 0 Å². The highest BCUT2D eigenvalue weighted by Crippen LogP contribution is 2.27. The van der Waals surface area contributed by atoms with Gasteiger partial charge in [-0.1, -0.05) is 12.1 Å². The fourth-order valence-corrected chi connectivity index (χ4v) is 3.49. The summed E-state index contributed by atoms with van der Waals surface area (Å²) < 4.78 is 18.8. The van der Waals surface area contributed by atoms with Crippen molar-refractivity contribution in [3.8, 4) is 23.1 Å². The monoisotopic (exact) mass is 407 g/mol. The molecule has 1 heterocycles. The van der Waals surface area contributed by atoms with Crippen molar-refractivity contribution < 1.29 is 13.9 Å². The molecule has 29 heavy (non-hydrogen) atoms. The Bertz CT molecular complexity index is 1050. The quantitative estimate of drug-likeness (QED) is 0.565. The highest BCUT2D eigenvalue weighted by Gasteiger charge is 2.11. The molecule has 0 aliphatic rings. The lowest BCUT2D eigenvalue weighted by Crippen LogP contribution is -2.13. The zero-order valence-electron chi connectivity index (χ0n) is 15.7. The zero-order chi connectivity index (χ0) is 20.6. The molecule has 0 saturated heterocycles. The lowest BCUT2D eigenvalue weighted by Gasteiger charge is -2.08. The number of ether oxygens (including phenoxy) is 1. The fraction of sp³-hybridized carbons (Fsp3) is 0.136. The van der Waals surface area contributed by atoms with Crippen LogP contribution in [0.25, 0.3) is 11.3 Å². The molecule has 5 nitrogen and oxygen atoms in total. The molecular formula is C22H18FN3O2S. The Labute approximate surface area is 172 Å². The van der Waals surface area contributed by atoms with Crippen molar-refractivity contribution in [1.82, 2.24) is 4.98 Å². The van der Waals surface area contributed by atoms with E-state index in [1.54, 1.807) is 31.4 Å². The smallest absolute Gasteiger partial charge is 0.225 e. The molecule has 7 heteroatoms. The van der Waals surface area contributed by atoms with Gasteiger partial charge in [0.15, 0.2) is 0 Å². The second kappa shape index (κ2) is 9.71. The van der Waals surface area contributed by atoms with E-state index in [1.165, 1.54) is 23.9 Å². The van der Waals surface area contributed by atoms with E-state index in [9.17, 15) is 14.4 Å². The predicted octanol–water partition coefficient (Wildman–Crippen LogP) is 4.89. The Kier molecular flexibility index (Phi) is 6.82. The molecule has 0 atom stereocenters. The minimum Gasteiger partial charge on any atom is -0.497 e. The summed E-state index contributed by atoms with van der Waals surface area (Å²) in [5.74, 6) is 0.382. The molecule has 3 rings (SSSR count). The summed E-state index contributed by atoms with van der Waals surface area (Å²) in [5.41, 5.74) is 2.22. The van der Waals surface area contributed by atoms with Gasteiger partial charge in [-0.05, 0) is 48.5 Å². The molecule has 0 bridgehead atoms. The maximum atomic E-state index is 13.6. The maximum absolute atomic E-state index is 13.6. The highest BCUT2D eigenvalue weighted by atomic mass is 32.2. The molecule has 1 N–H and O–H groups in total. The van der Waals surface area contributed by atoms with Crippen LogP contribution in [-0.2, 0) is 4.79 Å². The van der Waals surface area contributed by atoms with Crippen LogP contribution in [0.15, 0.2) is 65.7 Å². The first kappa shape index (κ1) is 20.4. The van der Waals surface area contributed by atoms with E-state index < -0.39 is 5.82 Å². The van der Waals surface area contributed by atoms with Gasteiger partial charge in [0.2, 0.25) is 5.91 Å². The number of nitrogens with zero attached hydrogens (tertiary/aromatic N) is 2. The second-order valence-corrected chi connectivity index (χ2v) is 7.10. The molecule has 0 radical (unpaired) electrons. The van der Waals surface area contributed by atoms with Crippen LogP contribution < -0.4 is 10.1 Å². The van der Waals surface area contributed by atoms with Crippen LogP contribution in [0, 0.1) is 17.1 Å². The number of aromatic nitrogens is 1. The van der Waals surface area contributed by atoms with Crippen LogP contribution in [0.5, 0.6) is 5.75 Å². The van der Waals surface area contributed by atoms with Crippen molar-refractivity contribution in [2.45, 2.75) is 11.4 Å². The number of benzene rings is 2. The molecular weight excluding hydrogens is 389 g/mol. The van der Waals surface area contributed by atoms with E-state index in [0.717, 1.165) is 17.0 Å². The molecule has 2 aromatic carbocycles. The standard InChI is InChI=1S/C22H18FN3O2S/c1-28-17-9-6-15(7-10-17)19-11-8-16(14-24)22(26-19)29-13-12-21(27)25-20-5-3-2-4-18(20)23/h2-11H,12-13H2,1H3,(H,25,27). The van der Waals surface area contributed by atoms with Gasteiger partial charge in [0.25, 0.3) is 0 Å². The summed E-state index contributed by atoms with van der Waals surface area (Å²) in [5, 5.41) is 12.4. The molecule has 0 saturated carbocycles. The summed E-state index contributed by atoms with van der Waals surface area (Å²) >= 11 is 1.32. The van der Waals surface area contributed by atoms with Crippen molar-refractivity contribution in [1.29, 1.82) is 5.26 Å². The lowest BCUT2D eigenvalue weighted by atomic mass is 10.1. The summed E-state index contributed by atoms with van der Waals surface area (Å²) in [4.78, 5) is 16.6. The third-order valence-electron chi connectivity index (χ3n) is 4.08. The average molecular weight is 407 g/mol. The largest absolute Gasteiger partial charge is 0.497 e. The van der Waals surface area contributed by atoms with E-state index in [-0.39, 0.29) is 18.0 Å². The molecule has 1 amide bonds. The van der Waals surface area contributed by atoms with Gasteiger partial charge in [-0.3, -0.25) is 4.79 Å². The van der Waals surface area contributed by atoms with E-state index in [4.69, 9.17) is 4.74 Å². The van der Waals surface area contributed by atoms with Crippen molar-refractivity contribution in [3.05, 3.63) is 72.0 Å². The molecule has 0 unspecified atom stereocenters. The van der Waals surface area contributed by atoms with Crippen LogP contribution in [-0.4, -0.2) is 23.8 Å². The molecule has 0 aliphatic heterocycles. The first-order valence-corrected chi connectivity index (χ1v) is 9.82. The number of thioether (sulfide) groups is 1. The molecule has 0 fully saturated rings. The number of amides is 1. The van der Waals surface area contributed by atoms with Gasteiger partial charge in [-0.25, -0.2) is 9.37 Å². The third-order valence-corrected chi connectivity index (χ3v) is 5.08. The summed E-state index contributed by atoms with van der Waals surface area (Å²) in [7, 11) is 1.60. The van der Waals surface area contributed by atoms with E-state index in [1.807, 2.05) is 24.3 Å². The van der Waals surface area contributed by atoms with Crippen molar-refractivity contribution in [2.75, 3.05) is 18.2 Å². The van der Waals surface area contributed by atoms with Crippen LogP contribution >= 0.6 is 11.8 Å². The summed E-state index contributed by atoms with van der Waals surface area (Å²) in [6.45, 7) is 0. The molecule has 146 valence electrons. The Hall–Kier alpha value is -3.37. The van der Waals surface area contributed by atoms with Gasteiger partial charge in [0.05, 0.1) is 24.1 Å². The van der Waals surface area contributed by atoms with Gasteiger partial charge in [0.1, 0.15) is 22.7 Å². The molecule has 0 spiro atoms. The number of hydrogen-bond acceptors (Lipinski definition) is 5. The number of pyridine rings is 1. The first-order valence-electron chi connectivity index (χ1n) is 8.83. The number of carbonyl (C=O) groups is 1. The molecule has 3 aromatic rings. The number of hydrogen-bond donors (Lipinski definition) is 1. The number of nitriles is 1. The lowest BCUT2D eigenvalue weighted by molar-refractivity contribution is -0.115. The Morgan fingerprint density at radius 1 is 1.17 bits per heavy atom. The molecule has 0 aliphatic carbocycles. The first-order chi connectivity index (χ1) is 14.1. The number of nitrogens with one attached hydrogen (secondary N) is 1. The Morgan fingerprint density at radius 3 is 2.62 bits per heavy atom. The number of para-hydroxylation sites is 1. The predicted molar refractivity (Wildman–Crippen MR) is 111 cm³/mol. The SMILES string of the molecule is COc1ccc(-c2ccc(C#N)c(SCCC(=O)Nc3ccccc3F)n2)cc1. The third kappa shape index (κ3) is 5.33. The minimum absolute atomic E-state index is 0.153. The van der Waals surface area contributed by atoms with E-state index in [0.29, 0.717) is 16.3 Å². The minimum atomic E-state index is -0.478. The van der Waals surface area contributed by atoms with Gasteiger partial charge in [-0.15, -0.1) is 11.8 Å². The second-order valence-electron chi connectivity index (χ2n) is 6.02. The normalized spacial score (nSPS) is 10.2. The summed E-state index contributed by atoms with van der Waals surface area (Å²) in [6, 6.07) is 19.1. The van der Waals surface area contributed by atoms with E-state index in [2.05, 4.69) is 16.4 Å². The maximum Gasteiger partial charge on any atom is 0.225 e. The van der Waals surface area contributed by atoms with Gasteiger partial charge in [0, 0.05) is 17.7 Å². The van der Waals surface area contributed by atoms with Gasteiger partial charge >= 0.3 is 0 Å². The van der Waals surface area contributed by atoms with Crippen LogP contribution in [0.4, 0.5) is 10.1 Å². The number of methoxy groups -OCH3 is 1.